The summed E-state index contributed by atoms with van der Waals surface area (Å²) in [5.74, 6) is 2.21. The third-order valence-corrected chi connectivity index (χ3v) is 2.71. The molecule has 6 heteroatoms. The Morgan fingerprint density at radius 1 is 1.47 bits per heavy atom. The van der Waals surface area contributed by atoms with E-state index in [-0.39, 0.29) is 6.10 Å². The van der Waals surface area contributed by atoms with E-state index in [1.165, 1.54) is 6.33 Å². The number of rotatable bonds is 7. The number of hydrogen-bond acceptors (Lipinski definition) is 6. The highest BCUT2D eigenvalue weighted by Crippen LogP contribution is 2.25. The Balaban J connectivity index is 2.59. The van der Waals surface area contributed by atoms with Gasteiger partial charge in [-0.05, 0) is 32.3 Å². The van der Waals surface area contributed by atoms with Crippen LogP contribution in [-0.2, 0) is 0 Å². The summed E-state index contributed by atoms with van der Waals surface area (Å²) in [6, 6.07) is 0. The van der Waals surface area contributed by atoms with Gasteiger partial charge < -0.3 is 15.8 Å². The van der Waals surface area contributed by atoms with Crippen molar-refractivity contribution >= 4 is 23.3 Å². The minimum Gasteiger partial charge on any atom is -0.473 e. The lowest BCUT2D eigenvalue weighted by molar-refractivity contribution is 0.234. The molecule has 96 valence electrons. The summed E-state index contributed by atoms with van der Waals surface area (Å²) < 4.78 is 5.49. The molecular weight excluding hydrogens is 236 g/mol. The summed E-state index contributed by atoms with van der Waals surface area (Å²) in [7, 11) is 0. The fourth-order valence-corrected chi connectivity index (χ4v) is 1.69. The van der Waals surface area contributed by atoms with Crippen LogP contribution >= 0.6 is 11.8 Å². The van der Waals surface area contributed by atoms with Crippen molar-refractivity contribution in [3.63, 3.8) is 0 Å². The largest absolute Gasteiger partial charge is 0.473 e. The zero-order valence-corrected chi connectivity index (χ0v) is 11.4. The highest BCUT2D eigenvalue weighted by Gasteiger charge is 2.09. The lowest BCUT2D eigenvalue weighted by atomic mass is 10.4. The van der Waals surface area contributed by atoms with Gasteiger partial charge in [0.25, 0.3) is 0 Å². The highest BCUT2D eigenvalue weighted by atomic mass is 32.2. The molecule has 0 spiro atoms. The van der Waals surface area contributed by atoms with Crippen LogP contribution in [-0.4, -0.2) is 34.6 Å². The van der Waals surface area contributed by atoms with Crippen LogP contribution in [0.5, 0.6) is 5.88 Å². The van der Waals surface area contributed by atoms with Crippen molar-refractivity contribution in [1.29, 1.82) is 0 Å². The normalized spacial score (nSPS) is 10.6. The van der Waals surface area contributed by atoms with E-state index in [0.717, 1.165) is 18.7 Å². The van der Waals surface area contributed by atoms with Gasteiger partial charge in [0.1, 0.15) is 12.0 Å². The van der Waals surface area contributed by atoms with Crippen molar-refractivity contribution in [2.75, 3.05) is 29.6 Å². The molecule has 0 aliphatic heterocycles. The molecule has 0 unspecified atom stereocenters. The molecule has 0 saturated heterocycles. The second kappa shape index (κ2) is 7.21. The van der Waals surface area contributed by atoms with Crippen LogP contribution in [0.25, 0.3) is 0 Å². The van der Waals surface area contributed by atoms with Gasteiger partial charge in [-0.3, -0.25) is 0 Å². The molecule has 0 saturated carbocycles. The maximum Gasteiger partial charge on any atom is 0.242 e. The quantitative estimate of drug-likeness (QED) is 0.727. The van der Waals surface area contributed by atoms with E-state index in [2.05, 4.69) is 21.5 Å². The smallest absolute Gasteiger partial charge is 0.242 e. The molecule has 1 heterocycles. The Bertz CT molecular complexity index is 346. The number of ether oxygens (including phenoxy) is 1. The van der Waals surface area contributed by atoms with Crippen molar-refractivity contribution in [3.8, 4) is 5.88 Å². The second-order valence-electron chi connectivity index (χ2n) is 3.88. The number of nitrogens with zero attached hydrogens (tertiary/aromatic N) is 2. The summed E-state index contributed by atoms with van der Waals surface area (Å²) in [5.41, 5.74) is 6.41. The van der Waals surface area contributed by atoms with E-state index in [9.17, 15) is 0 Å². The summed E-state index contributed by atoms with van der Waals surface area (Å²) >= 11 is 1.82. The first kappa shape index (κ1) is 13.9. The van der Waals surface area contributed by atoms with Crippen molar-refractivity contribution in [2.24, 2.45) is 0 Å². The fourth-order valence-electron chi connectivity index (χ4n) is 1.26. The molecule has 0 amide bonds. The Morgan fingerprint density at radius 3 is 2.88 bits per heavy atom. The van der Waals surface area contributed by atoms with Gasteiger partial charge in [0.15, 0.2) is 5.82 Å². The van der Waals surface area contributed by atoms with Gasteiger partial charge in [-0.1, -0.05) is 0 Å². The molecule has 1 aromatic rings. The van der Waals surface area contributed by atoms with Gasteiger partial charge in [0.2, 0.25) is 5.88 Å². The van der Waals surface area contributed by atoms with Crippen LogP contribution in [0.4, 0.5) is 11.5 Å². The molecule has 5 nitrogen and oxygen atoms in total. The molecule has 0 fully saturated rings. The lowest BCUT2D eigenvalue weighted by Gasteiger charge is -2.13. The van der Waals surface area contributed by atoms with Gasteiger partial charge in [0.05, 0.1) is 6.10 Å². The van der Waals surface area contributed by atoms with E-state index in [0.29, 0.717) is 17.4 Å². The number of thioether (sulfide) groups is 1. The number of anilines is 2. The number of aromatic nitrogens is 2. The van der Waals surface area contributed by atoms with E-state index in [1.54, 1.807) is 0 Å². The summed E-state index contributed by atoms with van der Waals surface area (Å²) in [5, 5.41) is 3.19. The van der Waals surface area contributed by atoms with E-state index in [4.69, 9.17) is 10.5 Å². The summed E-state index contributed by atoms with van der Waals surface area (Å²) in [4.78, 5) is 8.13. The lowest BCUT2D eigenvalue weighted by Crippen LogP contribution is -2.12. The third-order valence-electron chi connectivity index (χ3n) is 2.01. The predicted molar refractivity (Wildman–Crippen MR) is 73.7 cm³/mol. The first-order valence-electron chi connectivity index (χ1n) is 5.65. The Kier molecular flexibility index (Phi) is 5.90. The molecule has 3 N–H and O–H groups in total. The van der Waals surface area contributed by atoms with Crippen LogP contribution < -0.4 is 15.8 Å². The van der Waals surface area contributed by atoms with Gasteiger partial charge in [-0.15, -0.1) is 0 Å². The van der Waals surface area contributed by atoms with Gasteiger partial charge in [-0.2, -0.15) is 16.7 Å². The van der Waals surface area contributed by atoms with E-state index in [1.807, 2.05) is 25.6 Å². The first-order chi connectivity index (χ1) is 8.15. The maximum absolute atomic E-state index is 5.93. The van der Waals surface area contributed by atoms with Crippen molar-refractivity contribution in [3.05, 3.63) is 6.33 Å². The number of nitrogen functional groups attached to an aromatic ring is 1. The first-order valence-corrected chi connectivity index (χ1v) is 7.04. The van der Waals surface area contributed by atoms with E-state index >= 15 is 0 Å². The highest BCUT2D eigenvalue weighted by molar-refractivity contribution is 7.98. The number of nitrogens with two attached hydrogens (primary N) is 1. The fraction of sp³-hybridized carbons (Fsp3) is 0.636. The summed E-state index contributed by atoms with van der Waals surface area (Å²) in [6.45, 7) is 4.73. The second-order valence-corrected chi connectivity index (χ2v) is 4.87. The third kappa shape index (κ3) is 4.68. The molecule has 0 aromatic carbocycles. The molecule has 0 aliphatic rings. The molecule has 0 bridgehead atoms. The minimum absolute atomic E-state index is 0.0524. The molecule has 1 rings (SSSR count). The van der Waals surface area contributed by atoms with Crippen molar-refractivity contribution in [2.45, 2.75) is 26.4 Å². The topological polar surface area (TPSA) is 73.1 Å². The zero-order chi connectivity index (χ0) is 12.7. The van der Waals surface area contributed by atoms with Crippen LogP contribution in [0.3, 0.4) is 0 Å². The van der Waals surface area contributed by atoms with Gasteiger partial charge in [0, 0.05) is 6.54 Å². The Morgan fingerprint density at radius 2 is 2.24 bits per heavy atom. The predicted octanol–water partition coefficient (Wildman–Crippen LogP) is 2.01. The van der Waals surface area contributed by atoms with Crippen LogP contribution in [0, 0.1) is 0 Å². The van der Waals surface area contributed by atoms with E-state index < -0.39 is 0 Å². The molecule has 0 aliphatic carbocycles. The minimum atomic E-state index is 0.0524. The van der Waals surface area contributed by atoms with Gasteiger partial charge >= 0.3 is 0 Å². The molecular formula is C11H20N4OS. The van der Waals surface area contributed by atoms with Crippen LogP contribution in [0.15, 0.2) is 6.33 Å². The number of hydrogen-bond donors (Lipinski definition) is 2. The zero-order valence-electron chi connectivity index (χ0n) is 10.6. The van der Waals surface area contributed by atoms with Crippen LogP contribution in [0.1, 0.15) is 20.3 Å². The Labute approximate surface area is 107 Å². The molecule has 17 heavy (non-hydrogen) atoms. The molecule has 1 aromatic heterocycles. The van der Waals surface area contributed by atoms with Gasteiger partial charge in [-0.25, -0.2) is 4.98 Å². The van der Waals surface area contributed by atoms with Crippen molar-refractivity contribution < 1.29 is 4.74 Å². The molecule has 0 radical (unpaired) electrons. The van der Waals surface area contributed by atoms with Crippen molar-refractivity contribution in [1.82, 2.24) is 9.97 Å². The monoisotopic (exact) mass is 256 g/mol. The van der Waals surface area contributed by atoms with Crippen LogP contribution in [0.2, 0.25) is 0 Å². The maximum atomic E-state index is 5.93. The Hall–Kier alpha value is -1.17. The summed E-state index contributed by atoms with van der Waals surface area (Å²) in [6.07, 6.45) is 4.68. The average Bonchev–Trinajstić information content (AvgIpc) is 2.28. The average molecular weight is 256 g/mol. The standard InChI is InChI=1S/C11H20N4OS/c1-8(2)16-11-9(12)10(14-7-15-11)13-5-4-6-17-3/h7-8H,4-6,12H2,1-3H3,(H,13,14,15). The number of nitrogens with one attached hydrogen (secondary N) is 1. The molecule has 0 atom stereocenters. The SMILES string of the molecule is CSCCCNc1ncnc(OC(C)C)c1N.